The van der Waals surface area contributed by atoms with Crippen LogP contribution in [-0.2, 0) is 11.3 Å². The number of nitrogens with one attached hydrogen (secondary N) is 1. The van der Waals surface area contributed by atoms with Crippen molar-refractivity contribution in [2.24, 2.45) is 0 Å². The zero-order chi connectivity index (χ0) is 16.9. The van der Waals surface area contributed by atoms with Crippen LogP contribution >= 0.6 is 23.1 Å². The number of carbonyl (C=O) groups is 1. The van der Waals surface area contributed by atoms with Crippen LogP contribution in [0.3, 0.4) is 0 Å². The number of aromatic nitrogens is 4. The fraction of sp³-hybridized carbons (Fsp3) is 0.143. The van der Waals surface area contributed by atoms with Gasteiger partial charge in [-0.05, 0) is 28.8 Å². The fourth-order valence-corrected chi connectivity index (χ4v) is 3.13. The Bertz CT molecular complexity index is 822. The van der Waals surface area contributed by atoms with Gasteiger partial charge in [-0.15, -0.1) is 10.2 Å². The molecule has 0 fully saturated rings. The van der Waals surface area contributed by atoms with Gasteiger partial charge in [0.25, 0.3) is 5.76 Å². The lowest BCUT2D eigenvalue weighted by Gasteiger charge is -2.09. The molecule has 0 unspecified atom stereocenters. The summed E-state index contributed by atoms with van der Waals surface area (Å²) in [6.45, 7) is -0.162. The van der Waals surface area contributed by atoms with Crippen molar-refractivity contribution in [3.63, 3.8) is 0 Å². The molecule has 24 heavy (non-hydrogen) atoms. The van der Waals surface area contributed by atoms with Crippen molar-refractivity contribution in [2.45, 2.75) is 17.2 Å². The van der Waals surface area contributed by atoms with Gasteiger partial charge in [0.15, 0.2) is 0 Å². The number of anilines is 1. The molecule has 10 heteroatoms. The minimum atomic E-state index is -2.56. The zero-order valence-corrected chi connectivity index (χ0v) is 13.7. The maximum absolute atomic E-state index is 12.5. The van der Waals surface area contributed by atoms with Gasteiger partial charge < -0.3 is 5.32 Å². The molecule has 1 N–H and O–H groups in total. The molecule has 1 aromatic carbocycles. The lowest BCUT2D eigenvalue weighted by Crippen LogP contribution is -2.20. The Hall–Kier alpha value is -2.33. The highest BCUT2D eigenvalue weighted by Crippen LogP contribution is 2.31. The van der Waals surface area contributed by atoms with Crippen LogP contribution in [0.15, 0.2) is 46.0 Å². The van der Waals surface area contributed by atoms with Gasteiger partial charge in [0.2, 0.25) is 11.7 Å². The molecule has 2 heterocycles. The van der Waals surface area contributed by atoms with Crippen LogP contribution in [0.1, 0.15) is 0 Å². The predicted octanol–water partition coefficient (Wildman–Crippen LogP) is 3.36. The van der Waals surface area contributed by atoms with Crippen molar-refractivity contribution in [3.8, 4) is 11.4 Å². The first-order chi connectivity index (χ1) is 11.6. The van der Waals surface area contributed by atoms with Gasteiger partial charge in [0, 0.05) is 15.8 Å². The predicted molar refractivity (Wildman–Crippen MR) is 88.1 cm³/mol. The number of hydrogen-bond donors (Lipinski definition) is 1. The van der Waals surface area contributed by atoms with Crippen molar-refractivity contribution in [1.82, 2.24) is 20.2 Å². The van der Waals surface area contributed by atoms with E-state index in [0.717, 1.165) is 10.4 Å². The number of thiophene rings is 1. The number of thioether (sulfide) groups is 1. The standard InChI is InChI=1S/C14H11F2N5OS2/c15-14(16)24-11-4-2-1-3-10(11)17-12(22)7-21-19-13(18-20-21)9-5-6-23-8-9/h1-6,8,14H,7H2,(H,17,22). The van der Waals surface area contributed by atoms with Crippen molar-refractivity contribution >= 4 is 34.7 Å². The minimum Gasteiger partial charge on any atom is -0.323 e. The summed E-state index contributed by atoms with van der Waals surface area (Å²) in [7, 11) is 0. The summed E-state index contributed by atoms with van der Waals surface area (Å²) in [4.78, 5) is 13.5. The number of para-hydroxylation sites is 1. The second kappa shape index (κ2) is 7.49. The van der Waals surface area contributed by atoms with Gasteiger partial charge in [-0.2, -0.15) is 24.9 Å². The van der Waals surface area contributed by atoms with Gasteiger partial charge in [-0.3, -0.25) is 4.79 Å². The third-order valence-electron chi connectivity index (χ3n) is 2.89. The molecule has 0 atom stereocenters. The summed E-state index contributed by atoms with van der Waals surface area (Å²) in [5, 5.41) is 18.2. The van der Waals surface area contributed by atoms with E-state index in [0.29, 0.717) is 28.2 Å². The molecule has 0 aliphatic heterocycles. The fourth-order valence-electron chi connectivity index (χ4n) is 1.90. The molecule has 0 radical (unpaired) electrons. The van der Waals surface area contributed by atoms with Crippen LogP contribution in [0.2, 0.25) is 0 Å². The molecular weight excluding hydrogens is 356 g/mol. The summed E-state index contributed by atoms with van der Waals surface area (Å²) in [5.74, 6) is -2.56. The molecule has 0 aliphatic rings. The number of alkyl halides is 2. The Morgan fingerprint density at radius 3 is 2.92 bits per heavy atom. The van der Waals surface area contributed by atoms with Crippen LogP contribution in [0.5, 0.6) is 0 Å². The smallest absolute Gasteiger partial charge is 0.288 e. The Labute approximate surface area is 143 Å². The van der Waals surface area contributed by atoms with E-state index in [1.54, 1.807) is 18.2 Å². The lowest BCUT2D eigenvalue weighted by atomic mass is 10.3. The molecule has 0 aliphatic carbocycles. The number of halogens is 2. The summed E-state index contributed by atoms with van der Waals surface area (Å²) in [5.41, 5.74) is 1.15. The second-order valence-electron chi connectivity index (χ2n) is 4.58. The Kier molecular flexibility index (Phi) is 5.16. The Morgan fingerprint density at radius 1 is 1.33 bits per heavy atom. The number of benzene rings is 1. The maximum Gasteiger partial charge on any atom is 0.288 e. The minimum absolute atomic E-state index is 0.162. The monoisotopic (exact) mass is 367 g/mol. The topological polar surface area (TPSA) is 72.7 Å². The molecule has 0 saturated carbocycles. The molecule has 3 rings (SSSR count). The largest absolute Gasteiger partial charge is 0.323 e. The van der Waals surface area contributed by atoms with E-state index in [1.165, 1.54) is 17.4 Å². The van der Waals surface area contributed by atoms with Crippen LogP contribution < -0.4 is 5.32 Å². The van der Waals surface area contributed by atoms with E-state index < -0.39 is 11.7 Å². The van der Waals surface area contributed by atoms with Crippen LogP contribution in [0.4, 0.5) is 14.5 Å². The Balaban J connectivity index is 1.66. The van der Waals surface area contributed by atoms with Crippen LogP contribution in [0, 0.1) is 0 Å². The van der Waals surface area contributed by atoms with E-state index in [2.05, 4.69) is 20.7 Å². The Morgan fingerprint density at radius 2 is 2.17 bits per heavy atom. The van der Waals surface area contributed by atoms with Gasteiger partial charge in [0.1, 0.15) is 6.54 Å². The lowest BCUT2D eigenvalue weighted by molar-refractivity contribution is -0.117. The van der Waals surface area contributed by atoms with Gasteiger partial charge in [-0.25, -0.2) is 0 Å². The first-order valence-corrected chi connectivity index (χ1v) is 8.58. The number of carbonyl (C=O) groups excluding carboxylic acids is 1. The summed E-state index contributed by atoms with van der Waals surface area (Å²) in [6, 6.07) is 8.23. The zero-order valence-electron chi connectivity index (χ0n) is 12.1. The summed E-state index contributed by atoms with van der Waals surface area (Å²) >= 11 is 1.88. The third-order valence-corrected chi connectivity index (χ3v) is 4.37. The molecular formula is C14H11F2N5OS2. The average Bonchev–Trinajstić information content (AvgIpc) is 3.19. The highest BCUT2D eigenvalue weighted by atomic mass is 32.2. The van der Waals surface area contributed by atoms with E-state index in [1.807, 2.05) is 16.8 Å². The maximum atomic E-state index is 12.5. The van der Waals surface area contributed by atoms with Crippen LogP contribution in [-0.4, -0.2) is 31.9 Å². The normalized spacial score (nSPS) is 11.0. The SMILES string of the molecule is O=C(Cn1nnc(-c2ccsc2)n1)Nc1ccccc1SC(F)F. The van der Waals surface area contributed by atoms with Crippen molar-refractivity contribution < 1.29 is 13.6 Å². The first-order valence-electron chi connectivity index (χ1n) is 6.76. The van der Waals surface area contributed by atoms with Crippen molar-refractivity contribution in [2.75, 3.05) is 5.32 Å². The number of tetrazole rings is 1. The van der Waals surface area contributed by atoms with E-state index in [-0.39, 0.29) is 6.54 Å². The van der Waals surface area contributed by atoms with Gasteiger partial charge in [-0.1, -0.05) is 23.9 Å². The molecule has 0 bridgehead atoms. The highest BCUT2D eigenvalue weighted by molar-refractivity contribution is 7.99. The molecule has 0 spiro atoms. The number of rotatable bonds is 6. The average molecular weight is 367 g/mol. The second-order valence-corrected chi connectivity index (χ2v) is 6.39. The number of hydrogen-bond acceptors (Lipinski definition) is 6. The number of nitrogens with zero attached hydrogens (tertiary/aromatic N) is 4. The molecule has 6 nitrogen and oxygen atoms in total. The van der Waals surface area contributed by atoms with E-state index in [9.17, 15) is 13.6 Å². The van der Waals surface area contributed by atoms with Crippen LogP contribution in [0.25, 0.3) is 11.4 Å². The highest BCUT2D eigenvalue weighted by Gasteiger charge is 2.13. The van der Waals surface area contributed by atoms with Gasteiger partial charge >= 0.3 is 0 Å². The number of amides is 1. The third kappa shape index (κ3) is 4.15. The summed E-state index contributed by atoms with van der Waals surface area (Å²) in [6.07, 6.45) is 0. The molecule has 0 saturated heterocycles. The molecule has 124 valence electrons. The van der Waals surface area contributed by atoms with E-state index in [4.69, 9.17) is 0 Å². The van der Waals surface area contributed by atoms with E-state index >= 15 is 0 Å². The first kappa shape index (κ1) is 16.5. The van der Waals surface area contributed by atoms with Crippen molar-refractivity contribution in [3.05, 3.63) is 41.1 Å². The molecule has 1 amide bonds. The van der Waals surface area contributed by atoms with Gasteiger partial charge in [0.05, 0.1) is 5.69 Å². The quantitative estimate of drug-likeness (QED) is 0.677. The summed E-state index contributed by atoms with van der Waals surface area (Å²) < 4.78 is 25.1. The van der Waals surface area contributed by atoms with Crippen molar-refractivity contribution in [1.29, 1.82) is 0 Å². The molecule has 2 aromatic heterocycles. The molecule has 3 aromatic rings.